The van der Waals surface area contributed by atoms with Crippen molar-refractivity contribution in [3.63, 3.8) is 0 Å². The molecule has 0 unspecified atom stereocenters. The molecule has 26 heavy (non-hydrogen) atoms. The summed E-state index contributed by atoms with van der Waals surface area (Å²) in [5.74, 6) is 0.0197. The van der Waals surface area contributed by atoms with E-state index in [-0.39, 0.29) is 11.5 Å². The summed E-state index contributed by atoms with van der Waals surface area (Å²) in [5.41, 5.74) is 3.18. The first-order valence-electron chi connectivity index (χ1n) is 7.23. The van der Waals surface area contributed by atoms with Gasteiger partial charge in [-0.3, -0.25) is 5.43 Å². The summed E-state index contributed by atoms with van der Waals surface area (Å²) in [5, 5.41) is 14.3. The Labute approximate surface area is 145 Å². The van der Waals surface area contributed by atoms with Crippen LogP contribution >= 0.6 is 0 Å². The van der Waals surface area contributed by atoms with Crippen molar-refractivity contribution < 1.29 is 22.6 Å². The van der Waals surface area contributed by atoms with Crippen LogP contribution in [0.1, 0.15) is 11.4 Å². The second-order valence-corrected chi connectivity index (χ2v) is 4.99. The summed E-state index contributed by atoms with van der Waals surface area (Å²) >= 11 is 0. The van der Waals surface area contributed by atoms with Gasteiger partial charge in [0.15, 0.2) is 11.5 Å². The van der Waals surface area contributed by atoms with Gasteiger partial charge in [-0.15, -0.1) is 15.3 Å². The number of fused-ring (bicyclic) bond motifs is 1. The molecular formula is C15H13F3N6O2. The molecule has 0 fully saturated rings. The van der Waals surface area contributed by atoms with Gasteiger partial charge in [0.2, 0.25) is 0 Å². The number of ether oxygens (including phenoxy) is 2. The lowest BCUT2D eigenvalue weighted by molar-refractivity contribution is -0.146. The van der Waals surface area contributed by atoms with Crippen molar-refractivity contribution in [2.45, 2.75) is 6.18 Å². The number of methoxy groups -OCH3 is 2. The third-order valence-electron chi connectivity index (χ3n) is 3.34. The molecule has 1 aromatic carbocycles. The first-order chi connectivity index (χ1) is 12.4. The number of nitrogens with zero attached hydrogens (tertiary/aromatic N) is 5. The van der Waals surface area contributed by atoms with Gasteiger partial charge in [-0.05, 0) is 24.3 Å². The minimum atomic E-state index is -4.66. The third-order valence-corrected chi connectivity index (χ3v) is 3.34. The topological polar surface area (TPSA) is 85.9 Å². The van der Waals surface area contributed by atoms with Crippen LogP contribution in [-0.4, -0.2) is 40.2 Å². The summed E-state index contributed by atoms with van der Waals surface area (Å²) in [4.78, 5) is 0. The molecule has 0 aliphatic heterocycles. The Bertz CT molecular complexity index is 954. The molecule has 3 aromatic rings. The highest BCUT2D eigenvalue weighted by Crippen LogP contribution is 2.27. The largest absolute Gasteiger partial charge is 0.497 e. The van der Waals surface area contributed by atoms with E-state index >= 15 is 0 Å². The zero-order valence-corrected chi connectivity index (χ0v) is 13.7. The standard InChI is InChI=1S/C15H13F3N6O2/c1-25-10-4-3-9(11(7-10)26-2)8-19-20-12-5-6-13-21-22-14(15(16,17)18)24(13)23-12/h3-8H,1-2H3,(H,20,23)/b19-8+. The number of nitrogens with one attached hydrogen (secondary N) is 1. The molecule has 8 nitrogen and oxygen atoms in total. The van der Waals surface area contributed by atoms with Gasteiger partial charge in [0, 0.05) is 11.6 Å². The molecule has 2 aromatic heterocycles. The smallest absolute Gasteiger partial charge is 0.453 e. The average Bonchev–Trinajstić information content (AvgIpc) is 3.05. The number of benzene rings is 1. The zero-order valence-electron chi connectivity index (χ0n) is 13.7. The van der Waals surface area contributed by atoms with Crippen LogP contribution in [0.15, 0.2) is 35.4 Å². The van der Waals surface area contributed by atoms with E-state index < -0.39 is 12.0 Å². The SMILES string of the molecule is COc1ccc(/C=N/Nc2ccc3nnc(C(F)(F)F)n3n2)c(OC)c1. The van der Waals surface area contributed by atoms with Crippen LogP contribution in [0.3, 0.4) is 0 Å². The molecule has 0 aliphatic rings. The number of hydrogen-bond acceptors (Lipinski definition) is 7. The van der Waals surface area contributed by atoms with E-state index in [0.717, 1.165) is 0 Å². The highest BCUT2D eigenvalue weighted by molar-refractivity contribution is 5.84. The van der Waals surface area contributed by atoms with E-state index in [0.29, 0.717) is 21.6 Å². The van der Waals surface area contributed by atoms with Crippen LogP contribution in [-0.2, 0) is 6.18 Å². The van der Waals surface area contributed by atoms with Crippen molar-refractivity contribution >= 4 is 17.7 Å². The molecule has 1 N–H and O–H groups in total. The van der Waals surface area contributed by atoms with Crippen molar-refractivity contribution in [3.8, 4) is 11.5 Å². The minimum absolute atomic E-state index is 0.0244. The van der Waals surface area contributed by atoms with E-state index in [1.807, 2.05) is 0 Å². The zero-order chi connectivity index (χ0) is 18.7. The molecule has 0 spiro atoms. The van der Waals surface area contributed by atoms with E-state index in [1.54, 1.807) is 18.2 Å². The monoisotopic (exact) mass is 366 g/mol. The van der Waals surface area contributed by atoms with Crippen molar-refractivity contribution in [1.29, 1.82) is 0 Å². The van der Waals surface area contributed by atoms with Gasteiger partial charge in [-0.1, -0.05) is 0 Å². The summed E-state index contributed by atoms with van der Waals surface area (Å²) in [6, 6.07) is 7.91. The van der Waals surface area contributed by atoms with E-state index in [2.05, 4.69) is 25.8 Å². The van der Waals surface area contributed by atoms with E-state index in [4.69, 9.17) is 9.47 Å². The molecule has 0 radical (unpaired) electrons. The van der Waals surface area contributed by atoms with Crippen molar-refractivity contribution in [3.05, 3.63) is 41.7 Å². The molecule has 3 rings (SSSR count). The molecule has 0 saturated carbocycles. The fourth-order valence-electron chi connectivity index (χ4n) is 2.12. The fraction of sp³-hybridized carbons (Fsp3) is 0.200. The first kappa shape index (κ1) is 17.5. The lowest BCUT2D eigenvalue weighted by Crippen LogP contribution is -2.13. The highest BCUT2D eigenvalue weighted by Gasteiger charge is 2.37. The van der Waals surface area contributed by atoms with Gasteiger partial charge in [0.05, 0.1) is 20.4 Å². The second-order valence-electron chi connectivity index (χ2n) is 4.99. The molecule has 11 heteroatoms. The maximum Gasteiger partial charge on any atom is 0.453 e. The van der Waals surface area contributed by atoms with E-state index in [9.17, 15) is 13.2 Å². The summed E-state index contributed by atoms with van der Waals surface area (Å²) in [7, 11) is 3.03. The van der Waals surface area contributed by atoms with Gasteiger partial charge in [-0.25, -0.2) is 0 Å². The molecule has 0 amide bonds. The molecule has 0 aliphatic carbocycles. The Hall–Kier alpha value is -3.37. The maximum absolute atomic E-state index is 12.9. The molecule has 0 bridgehead atoms. The van der Waals surface area contributed by atoms with Crippen molar-refractivity contribution in [2.24, 2.45) is 5.10 Å². The van der Waals surface area contributed by atoms with Crippen molar-refractivity contribution in [2.75, 3.05) is 19.6 Å². The van der Waals surface area contributed by atoms with E-state index in [1.165, 1.54) is 32.6 Å². The number of halogens is 3. The van der Waals surface area contributed by atoms with Gasteiger partial charge in [0.1, 0.15) is 11.5 Å². The molecule has 136 valence electrons. The normalized spacial score (nSPS) is 11.9. The highest BCUT2D eigenvalue weighted by atomic mass is 19.4. The number of alkyl halides is 3. The van der Waals surface area contributed by atoms with Crippen molar-refractivity contribution in [1.82, 2.24) is 19.8 Å². The predicted molar refractivity (Wildman–Crippen MR) is 86.5 cm³/mol. The fourth-order valence-corrected chi connectivity index (χ4v) is 2.12. The van der Waals surface area contributed by atoms with Crippen LogP contribution in [0.25, 0.3) is 5.65 Å². The second kappa shape index (κ2) is 6.86. The number of aromatic nitrogens is 4. The van der Waals surface area contributed by atoms with Gasteiger partial charge < -0.3 is 9.47 Å². The van der Waals surface area contributed by atoms with Crippen LogP contribution in [0.5, 0.6) is 11.5 Å². The lowest BCUT2D eigenvalue weighted by Gasteiger charge is -2.07. The Morgan fingerprint density at radius 2 is 1.92 bits per heavy atom. The van der Waals surface area contributed by atoms with Gasteiger partial charge >= 0.3 is 6.18 Å². The predicted octanol–water partition coefficient (Wildman–Crippen LogP) is 2.61. The quantitative estimate of drug-likeness (QED) is 0.552. The Morgan fingerprint density at radius 1 is 1.12 bits per heavy atom. The molecule has 2 heterocycles. The number of hydrazone groups is 1. The first-order valence-corrected chi connectivity index (χ1v) is 7.23. The third kappa shape index (κ3) is 3.50. The number of rotatable bonds is 5. The molecule has 0 atom stereocenters. The Balaban J connectivity index is 1.82. The summed E-state index contributed by atoms with van der Waals surface area (Å²) in [6.07, 6.45) is -3.22. The maximum atomic E-state index is 12.9. The number of anilines is 1. The Morgan fingerprint density at radius 3 is 2.62 bits per heavy atom. The minimum Gasteiger partial charge on any atom is -0.497 e. The molecule has 0 saturated heterocycles. The van der Waals surface area contributed by atoms with Crippen LogP contribution in [0, 0.1) is 0 Å². The van der Waals surface area contributed by atoms with Crippen LogP contribution in [0.2, 0.25) is 0 Å². The van der Waals surface area contributed by atoms with Crippen LogP contribution in [0.4, 0.5) is 19.0 Å². The average molecular weight is 366 g/mol. The van der Waals surface area contributed by atoms with Gasteiger partial charge in [0.25, 0.3) is 5.82 Å². The lowest BCUT2D eigenvalue weighted by atomic mass is 10.2. The molecular weight excluding hydrogens is 353 g/mol. The van der Waals surface area contributed by atoms with Crippen LogP contribution < -0.4 is 14.9 Å². The number of hydrogen-bond donors (Lipinski definition) is 1. The Kier molecular flexibility index (Phi) is 4.61. The van der Waals surface area contributed by atoms with Gasteiger partial charge in [-0.2, -0.15) is 22.8 Å². The summed E-state index contributed by atoms with van der Waals surface area (Å²) < 4.78 is 49.5. The summed E-state index contributed by atoms with van der Waals surface area (Å²) in [6.45, 7) is 0.